The molecule has 27 heavy (non-hydrogen) atoms. The lowest BCUT2D eigenvalue weighted by Crippen LogP contribution is -2.36. The van der Waals surface area contributed by atoms with Gasteiger partial charge in [0.25, 0.3) is 5.91 Å². The zero-order valence-corrected chi connectivity index (χ0v) is 15.1. The summed E-state index contributed by atoms with van der Waals surface area (Å²) < 4.78 is 10.5. The number of carbonyl (C=O) groups is 1. The SMILES string of the molecule is COc1cccc(/C=C(\C#N)C(=O)Nc2ccc(N3CCOCC3)cc2)c1. The predicted molar refractivity (Wildman–Crippen MR) is 105 cm³/mol. The van der Waals surface area contributed by atoms with Gasteiger partial charge in [0.15, 0.2) is 0 Å². The highest BCUT2D eigenvalue weighted by atomic mass is 16.5. The molecule has 0 aliphatic carbocycles. The third-order valence-corrected chi connectivity index (χ3v) is 4.27. The van der Waals surface area contributed by atoms with Crippen molar-refractivity contribution in [2.75, 3.05) is 43.6 Å². The molecule has 0 atom stereocenters. The third kappa shape index (κ3) is 4.87. The van der Waals surface area contributed by atoms with Crippen LogP contribution < -0.4 is 15.0 Å². The summed E-state index contributed by atoms with van der Waals surface area (Å²) in [5.41, 5.74) is 2.48. The van der Waals surface area contributed by atoms with Crippen molar-refractivity contribution in [2.24, 2.45) is 0 Å². The molecule has 1 heterocycles. The minimum absolute atomic E-state index is 0.0282. The Kier molecular flexibility index (Phi) is 6.08. The molecule has 6 nitrogen and oxygen atoms in total. The first-order valence-electron chi connectivity index (χ1n) is 8.69. The predicted octanol–water partition coefficient (Wildman–Crippen LogP) is 3.08. The molecule has 3 rings (SSSR count). The average molecular weight is 363 g/mol. The van der Waals surface area contributed by atoms with Crippen LogP contribution in [0.4, 0.5) is 11.4 Å². The van der Waals surface area contributed by atoms with Crippen LogP contribution in [-0.2, 0) is 9.53 Å². The molecule has 0 spiro atoms. The number of hydrogen-bond donors (Lipinski definition) is 1. The van der Waals surface area contributed by atoms with Crippen LogP contribution in [-0.4, -0.2) is 39.3 Å². The van der Waals surface area contributed by atoms with E-state index in [1.165, 1.54) is 0 Å². The van der Waals surface area contributed by atoms with Crippen LogP contribution >= 0.6 is 0 Å². The third-order valence-electron chi connectivity index (χ3n) is 4.27. The average Bonchev–Trinajstić information content (AvgIpc) is 2.73. The maximum absolute atomic E-state index is 12.4. The normalized spacial score (nSPS) is 14.4. The van der Waals surface area contributed by atoms with Crippen molar-refractivity contribution in [3.63, 3.8) is 0 Å². The number of carbonyl (C=O) groups excluding carboxylic acids is 1. The summed E-state index contributed by atoms with van der Waals surface area (Å²) in [5, 5.41) is 12.1. The topological polar surface area (TPSA) is 74.6 Å². The number of amides is 1. The molecule has 1 N–H and O–H groups in total. The van der Waals surface area contributed by atoms with Gasteiger partial charge in [0.2, 0.25) is 0 Å². The van der Waals surface area contributed by atoms with Gasteiger partial charge in [0.05, 0.1) is 20.3 Å². The first kappa shape index (κ1) is 18.5. The summed E-state index contributed by atoms with van der Waals surface area (Å²) in [4.78, 5) is 14.7. The summed E-state index contributed by atoms with van der Waals surface area (Å²) in [6.07, 6.45) is 1.54. The van der Waals surface area contributed by atoms with Crippen LogP contribution in [0.25, 0.3) is 6.08 Å². The van der Waals surface area contributed by atoms with Gasteiger partial charge < -0.3 is 19.7 Å². The Hall–Kier alpha value is -3.30. The van der Waals surface area contributed by atoms with Gasteiger partial charge in [-0.2, -0.15) is 5.26 Å². The van der Waals surface area contributed by atoms with Crippen molar-refractivity contribution in [3.05, 3.63) is 59.7 Å². The molecule has 6 heteroatoms. The molecule has 2 aromatic rings. The molecule has 0 bridgehead atoms. The zero-order chi connectivity index (χ0) is 19.1. The van der Waals surface area contributed by atoms with Crippen LogP contribution in [0.5, 0.6) is 5.75 Å². The number of anilines is 2. The quantitative estimate of drug-likeness (QED) is 0.653. The van der Waals surface area contributed by atoms with E-state index in [1.807, 2.05) is 42.5 Å². The van der Waals surface area contributed by atoms with E-state index in [2.05, 4.69) is 10.2 Å². The van der Waals surface area contributed by atoms with Crippen molar-refractivity contribution in [1.82, 2.24) is 0 Å². The minimum Gasteiger partial charge on any atom is -0.497 e. The standard InChI is InChI=1S/C21H21N3O3/c1-26-20-4-2-3-16(14-20)13-17(15-22)21(25)23-18-5-7-19(8-6-18)24-9-11-27-12-10-24/h2-8,13-14H,9-12H2,1H3,(H,23,25)/b17-13+. The Balaban J connectivity index is 1.69. The van der Waals surface area contributed by atoms with E-state index in [0.717, 1.165) is 37.6 Å². The molecule has 1 fully saturated rings. The van der Waals surface area contributed by atoms with Crippen LogP contribution in [0.15, 0.2) is 54.1 Å². The van der Waals surface area contributed by atoms with Gasteiger partial charge >= 0.3 is 0 Å². The van der Waals surface area contributed by atoms with Gasteiger partial charge in [0, 0.05) is 24.5 Å². The lowest BCUT2D eigenvalue weighted by atomic mass is 10.1. The van der Waals surface area contributed by atoms with Crippen molar-refractivity contribution in [2.45, 2.75) is 0 Å². The monoisotopic (exact) mass is 363 g/mol. The van der Waals surface area contributed by atoms with E-state index in [4.69, 9.17) is 9.47 Å². The highest BCUT2D eigenvalue weighted by Crippen LogP contribution is 2.20. The number of nitrogens with one attached hydrogen (secondary N) is 1. The smallest absolute Gasteiger partial charge is 0.266 e. The number of ether oxygens (including phenoxy) is 2. The lowest BCUT2D eigenvalue weighted by molar-refractivity contribution is -0.112. The molecule has 1 aliphatic rings. The Labute approximate surface area is 158 Å². The van der Waals surface area contributed by atoms with Gasteiger partial charge in [-0.05, 0) is 48.0 Å². The Morgan fingerprint density at radius 1 is 1.22 bits per heavy atom. The molecule has 0 radical (unpaired) electrons. The molecule has 1 saturated heterocycles. The van der Waals surface area contributed by atoms with Gasteiger partial charge in [-0.25, -0.2) is 0 Å². The van der Waals surface area contributed by atoms with E-state index >= 15 is 0 Å². The highest BCUT2D eigenvalue weighted by Gasteiger charge is 2.12. The second-order valence-electron chi connectivity index (χ2n) is 6.05. The van der Waals surface area contributed by atoms with Crippen LogP contribution in [0, 0.1) is 11.3 Å². The number of nitriles is 1. The summed E-state index contributed by atoms with van der Waals surface area (Å²) in [5.74, 6) is 0.222. The number of morpholine rings is 1. The van der Waals surface area contributed by atoms with Crippen LogP contribution in [0.1, 0.15) is 5.56 Å². The lowest BCUT2D eigenvalue weighted by Gasteiger charge is -2.28. The number of benzene rings is 2. The van der Waals surface area contributed by atoms with E-state index in [1.54, 1.807) is 25.3 Å². The zero-order valence-electron chi connectivity index (χ0n) is 15.1. The van der Waals surface area contributed by atoms with Gasteiger partial charge in [-0.15, -0.1) is 0 Å². The first-order valence-corrected chi connectivity index (χ1v) is 8.69. The van der Waals surface area contributed by atoms with Crippen molar-refractivity contribution < 1.29 is 14.3 Å². The first-order chi connectivity index (χ1) is 13.2. The summed E-state index contributed by atoms with van der Waals surface area (Å²) in [7, 11) is 1.57. The molecular formula is C21H21N3O3. The van der Waals surface area contributed by atoms with Gasteiger partial charge in [0.1, 0.15) is 17.4 Å². The van der Waals surface area contributed by atoms with Crippen LogP contribution in [0.3, 0.4) is 0 Å². The number of nitrogens with zero attached hydrogens (tertiary/aromatic N) is 2. The van der Waals surface area contributed by atoms with Crippen molar-refractivity contribution in [3.8, 4) is 11.8 Å². The van der Waals surface area contributed by atoms with Crippen LogP contribution in [0.2, 0.25) is 0 Å². The number of rotatable bonds is 5. The molecule has 0 saturated carbocycles. The van der Waals surface area contributed by atoms with Crippen molar-refractivity contribution >= 4 is 23.4 Å². The maximum atomic E-state index is 12.4. The fourth-order valence-electron chi connectivity index (χ4n) is 2.82. The minimum atomic E-state index is -0.445. The second-order valence-corrected chi connectivity index (χ2v) is 6.05. The molecule has 138 valence electrons. The molecular weight excluding hydrogens is 342 g/mol. The maximum Gasteiger partial charge on any atom is 0.266 e. The molecule has 2 aromatic carbocycles. The van der Waals surface area contributed by atoms with E-state index in [9.17, 15) is 10.1 Å². The Bertz CT molecular complexity index is 863. The Morgan fingerprint density at radius 2 is 1.96 bits per heavy atom. The van der Waals surface area contributed by atoms with Crippen molar-refractivity contribution in [1.29, 1.82) is 5.26 Å². The number of methoxy groups -OCH3 is 1. The van der Waals surface area contributed by atoms with Gasteiger partial charge in [-0.1, -0.05) is 12.1 Å². The van der Waals surface area contributed by atoms with E-state index in [-0.39, 0.29) is 5.57 Å². The summed E-state index contributed by atoms with van der Waals surface area (Å²) >= 11 is 0. The molecule has 0 unspecified atom stereocenters. The molecule has 0 aromatic heterocycles. The fourth-order valence-corrected chi connectivity index (χ4v) is 2.82. The highest BCUT2D eigenvalue weighted by molar-refractivity contribution is 6.09. The summed E-state index contributed by atoms with van der Waals surface area (Å²) in [6.45, 7) is 3.15. The van der Waals surface area contributed by atoms with E-state index < -0.39 is 5.91 Å². The number of hydrogen-bond acceptors (Lipinski definition) is 5. The molecule has 1 amide bonds. The molecule has 1 aliphatic heterocycles. The van der Waals surface area contributed by atoms with Gasteiger partial charge in [-0.3, -0.25) is 4.79 Å². The second kappa shape index (κ2) is 8.88. The summed E-state index contributed by atoms with van der Waals surface area (Å²) in [6, 6.07) is 16.7. The Morgan fingerprint density at radius 3 is 2.63 bits per heavy atom. The fraction of sp³-hybridized carbons (Fsp3) is 0.238. The van der Waals surface area contributed by atoms with E-state index in [0.29, 0.717) is 11.4 Å². The largest absolute Gasteiger partial charge is 0.497 e.